The van der Waals surface area contributed by atoms with Crippen molar-refractivity contribution in [2.75, 3.05) is 0 Å². The molecule has 3 aliphatic rings. The first-order valence-electron chi connectivity index (χ1n) is 6.12. The Balaban J connectivity index is 2.00. The van der Waals surface area contributed by atoms with E-state index in [4.69, 9.17) is 11.6 Å². The lowest BCUT2D eigenvalue weighted by molar-refractivity contribution is 0.424. The summed E-state index contributed by atoms with van der Waals surface area (Å²) in [4.78, 5) is 0.550. The third-order valence-corrected chi connectivity index (χ3v) is 7.45. The molecule has 1 aromatic rings. The van der Waals surface area contributed by atoms with E-state index in [0.29, 0.717) is 21.8 Å². The van der Waals surface area contributed by atoms with Crippen molar-refractivity contribution in [1.82, 2.24) is 0 Å². The van der Waals surface area contributed by atoms with Crippen LogP contribution in [0.4, 0.5) is 0 Å². The number of hydrogen-bond acceptors (Lipinski definition) is 2. The minimum Gasteiger partial charge on any atom is -0.223 e. The minimum atomic E-state index is -3.09. The first kappa shape index (κ1) is 10.4. The molecular formula is C13H13ClO2S. The quantitative estimate of drug-likeness (QED) is 0.725. The Morgan fingerprint density at radius 2 is 1.94 bits per heavy atom. The van der Waals surface area contributed by atoms with Gasteiger partial charge in [-0.25, -0.2) is 8.42 Å². The summed E-state index contributed by atoms with van der Waals surface area (Å²) in [7, 11) is -3.09. The summed E-state index contributed by atoms with van der Waals surface area (Å²) in [5.74, 6) is 1.19. The summed E-state index contributed by atoms with van der Waals surface area (Å²) in [5.41, 5.74) is 0.995. The monoisotopic (exact) mass is 268 g/mol. The molecule has 0 amide bonds. The van der Waals surface area contributed by atoms with E-state index in [9.17, 15) is 8.42 Å². The van der Waals surface area contributed by atoms with Crippen LogP contribution in [0, 0.1) is 11.8 Å². The fourth-order valence-corrected chi connectivity index (χ4v) is 7.07. The molecule has 2 bridgehead atoms. The molecule has 0 radical (unpaired) electrons. The molecule has 1 aliphatic heterocycles. The Hall–Kier alpha value is -0.540. The van der Waals surface area contributed by atoms with E-state index in [1.165, 1.54) is 6.42 Å². The Kier molecular flexibility index (Phi) is 1.87. The van der Waals surface area contributed by atoms with Crippen LogP contribution in [0.2, 0.25) is 5.02 Å². The van der Waals surface area contributed by atoms with Gasteiger partial charge in [-0.15, -0.1) is 0 Å². The summed E-state index contributed by atoms with van der Waals surface area (Å²) in [6, 6.07) is 5.27. The molecule has 4 heteroatoms. The van der Waals surface area contributed by atoms with Crippen LogP contribution < -0.4 is 0 Å². The lowest BCUT2D eigenvalue weighted by atomic mass is 9.83. The summed E-state index contributed by atoms with van der Waals surface area (Å²) < 4.78 is 25.0. The maximum absolute atomic E-state index is 12.5. The van der Waals surface area contributed by atoms with Crippen molar-refractivity contribution in [3.05, 3.63) is 28.8 Å². The predicted molar refractivity (Wildman–Crippen MR) is 66.0 cm³/mol. The number of rotatable bonds is 0. The van der Waals surface area contributed by atoms with E-state index in [-0.39, 0.29) is 11.2 Å². The zero-order valence-corrected chi connectivity index (χ0v) is 10.8. The molecule has 4 rings (SSSR count). The van der Waals surface area contributed by atoms with Gasteiger partial charge in [0.25, 0.3) is 0 Å². The van der Waals surface area contributed by atoms with Gasteiger partial charge in [-0.05, 0) is 54.9 Å². The van der Waals surface area contributed by atoms with Gasteiger partial charge in [0.1, 0.15) is 0 Å². The molecule has 2 saturated carbocycles. The van der Waals surface area contributed by atoms with Gasteiger partial charge in [-0.1, -0.05) is 11.6 Å². The second-order valence-corrected chi connectivity index (χ2v) is 8.06. The Bertz CT molecular complexity index is 608. The van der Waals surface area contributed by atoms with Crippen molar-refractivity contribution >= 4 is 21.4 Å². The second kappa shape index (κ2) is 3.07. The van der Waals surface area contributed by atoms with Crippen LogP contribution in [0.3, 0.4) is 0 Å². The summed E-state index contributed by atoms with van der Waals surface area (Å²) >= 11 is 6.01. The number of halogens is 1. The van der Waals surface area contributed by atoms with Gasteiger partial charge in [-0.3, -0.25) is 0 Å². The van der Waals surface area contributed by atoms with Gasteiger partial charge >= 0.3 is 0 Å². The molecule has 4 atom stereocenters. The molecule has 1 heterocycles. The standard InChI is InChI=1S/C13H13ClO2S/c14-9-3-4-11-10(6-9)12-7-1-2-8(5-7)13(12)17(11,15)16/h3-4,6-8,12-13H,1-2,5H2/t7-,8+,12?,13?/m1/s1. The highest BCUT2D eigenvalue weighted by molar-refractivity contribution is 7.92. The van der Waals surface area contributed by atoms with Crippen LogP contribution in [-0.4, -0.2) is 13.7 Å². The fourth-order valence-electron chi connectivity index (χ4n) is 4.30. The number of fused-ring (bicyclic) bond motifs is 7. The Morgan fingerprint density at radius 3 is 2.76 bits per heavy atom. The van der Waals surface area contributed by atoms with Crippen LogP contribution in [0.25, 0.3) is 0 Å². The Morgan fingerprint density at radius 1 is 1.18 bits per heavy atom. The smallest absolute Gasteiger partial charge is 0.182 e. The van der Waals surface area contributed by atoms with Crippen LogP contribution in [0.1, 0.15) is 30.7 Å². The molecule has 0 aromatic heterocycles. The fraction of sp³-hybridized carbons (Fsp3) is 0.538. The van der Waals surface area contributed by atoms with E-state index in [1.54, 1.807) is 12.1 Å². The van der Waals surface area contributed by atoms with Gasteiger partial charge < -0.3 is 0 Å². The van der Waals surface area contributed by atoms with E-state index >= 15 is 0 Å². The summed E-state index contributed by atoms with van der Waals surface area (Å²) in [6.45, 7) is 0. The minimum absolute atomic E-state index is 0.144. The SMILES string of the molecule is O=S1(=O)c2ccc(Cl)cc2C2C1[C@H]1CC[C@@H]2C1. The average molecular weight is 269 g/mol. The molecule has 0 saturated heterocycles. The molecule has 2 unspecified atom stereocenters. The van der Waals surface area contributed by atoms with E-state index in [0.717, 1.165) is 18.4 Å². The van der Waals surface area contributed by atoms with Crippen molar-refractivity contribution in [3.63, 3.8) is 0 Å². The molecule has 90 valence electrons. The third-order valence-electron chi connectivity index (χ3n) is 4.84. The molecule has 0 N–H and O–H groups in total. The summed E-state index contributed by atoms with van der Waals surface area (Å²) in [6.07, 6.45) is 3.38. The van der Waals surface area contributed by atoms with Crippen molar-refractivity contribution in [2.45, 2.75) is 35.3 Å². The number of sulfone groups is 1. The zero-order chi connectivity index (χ0) is 11.8. The average Bonchev–Trinajstić information content (AvgIpc) is 2.91. The highest BCUT2D eigenvalue weighted by Gasteiger charge is 2.58. The molecular weight excluding hydrogens is 256 g/mol. The maximum Gasteiger partial charge on any atom is 0.182 e. The van der Waals surface area contributed by atoms with E-state index < -0.39 is 9.84 Å². The van der Waals surface area contributed by atoms with Gasteiger partial charge in [-0.2, -0.15) is 0 Å². The van der Waals surface area contributed by atoms with Crippen LogP contribution in [0.15, 0.2) is 23.1 Å². The first-order valence-corrected chi connectivity index (χ1v) is 8.05. The van der Waals surface area contributed by atoms with Crippen molar-refractivity contribution in [2.24, 2.45) is 11.8 Å². The first-order chi connectivity index (χ1) is 8.09. The van der Waals surface area contributed by atoms with E-state index in [1.807, 2.05) is 6.07 Å². The topological polar surface area (TPSA) is 34.1 Å². The highest BCUT2D eigenvalue weighted by atomic mass is 35.5. The van der Waals surface area contributed by atoms with Gasteiger partial charge in [0.05, 0.1) is 10.1 Å². The van der Waals surface area contributed by atoms with Crippen molar-refractivity contribution in [3.8, 4) is 0 Å². The van der Waals surface area contributed by atoms with Crippen molar-refractivity contribution in [1.29, 1.82) is 0 Å². The third kappa shape index (κ3) is 1.14. The van der Waals surface area contributed by atoms with Crippen LogP contribution in [-0.2, 0) is 9.84 Å². The van der Waals surface area contributed by atoms with Crippen molar-refractivity contribution < 1.29 is 8.42 Å². The second-order valence-electron chi connectivity index (χ2n) is 5.55. The molecule has 0 spiro atoms. The number of hydrogen-bond donors (Lipinski definition) is 0. The van der Waals surface area contributed by atoms with Gasteiger partial charge in [0.2, 0.25) is 0 Å². The normalized spacial score (nSPS) is 40.3. The molecule has 2 fully saturated rings. The molecule has 2 aliphatic carbocycles. The predicted octanol–water partition coefficient (Wildman–Crippen LogP) is 3.01. The number of benzene rings is 1. The largest absolute Gasteiger partial charge is 0.223 e. The lowest BCUT2D eigenvalue weighted by Gasteiger charge is -2.23. The van der Waals surface area contributed by atoms with Crippen LogP contribution >= 0.6 is 11.6 Å². The summed E-state index contributed by atoms with van der Waals surface area (Å²) in [5, 5.41) is 0.511. The lowest BCUT2D eigenvalue weighted by Crippen LogP contribution is -2.27. The highest BCUT2D eigenvalue weighted by Crippen LogP contribution is 2.61. The van der Waals surface area contributed by atoms with Crippen LogP contribution in [0.5, 0.6) is 0 Å². The van der Waals surface area contributed by atoms with Gasteiger partial charge in [0.15, 0.2) is 9.84 Å². The van der Waals surface area contributed by atoms with Gasteiger partial charge in [0, 0.05) is 10.9 Å². The molecule has 2 nitrogen and oxygen atoms in total. The zero-order valence-electron chi connectivity index (χ0n) is 9.27. The maximum atomic E-state index is 12.5. The molecule has 1 aromatic carbocycles. The van der Waals surface area contributed by atoms with E-state index in [2.05, 4.69) is 0 Å². The Labute approximate surface area is 106 Å². The molecule has 17 heavy (non-hydrogen) atoms.